The van der Waals surface area contributed by atoms with Crippen molar-refractivity contribution in [2.45, 2.75) is 51.7 Å². The van der Waals surface area contributed by atoms with Crippen LogP contribution in [-0.4, -0.2) is 29.7 Å². The highest BCUT2D eigenvalue weighted by molar-refractivity contribution is 6.30. The van der Waals surface area contributed by atoms with E-state index in [1.165, 1.54) is 11.1 Å². The summed E-state index contributed by atoms with van der Waals surface area (Å²) in [5.41, 5.74) is 4.58. The van der Waals surface area contributed by atoms with Crippen molar-refractivity contribution in [2.75, 3.05) is 6.61 Å². The second-order valence-corrected chi connectivity index (χ2v) is 8.59. The summed E-state index contributed by atoms with van der Waals surface area (Å²) in [7, 11) is 0. The lowest BCUT2D eigenvalue weighted by Crippen LogP contribution is -2.32. The van der Waals surface area contributed by atoms with Crippen molar-refractivity contribution in [3.63, 3.8) is 0 Å². The standard InChI is InChI=1S/C26H28O4/c1-15(2)18-7-5-17(6-8-18)13-22-24(28)23(26-25(30-22)21(27)14-29-26)20-11-9-19(10-12-20)16(3)4/h5-13,15-16,21,25,27H,14H2,1-4H3/b22-13-/t21-,25-/m1/s1. The van der Waals surface area contributed by atoms with Crippen LogP contribution in [0, 0.1) is 0 Å². The van der Waals surface area contributed by atoms with Gasteiger partial charge >= 0.3 is 0 Å². The Morgan fingerprint density at radius 1 is 0.933 bits per heavy atom. The molecule has 0 radical (unpaired) electrons. The van der Waals surface area contributed by atoms with Gasteiger partial charge in [-0.25, -0.2) is 0 Å². The lowest BCUT2D eigenvalue weighted by atomic mass is 9.92. The third-order valence-corrected chi connectivity index (χ3v) is 5.74. The zero-order chi connectivity index (χ0) is 21.4. The molecule has 0 aliphatic carbocycles. The van der Waals surface area contributed by atoms with Crippen LogP contribution in [0.25, 0.3) is 11.6 Å². The number of fused-ring (bicyclic) bond motifs is 1. The zero-order valence-corrected chi connectivity index (χ0v) is 17.9. The van der Waals surface area contributed by atoms with Crippen LogP contribution in [-0.2, 0) is 14.3 Å². The number of benzene rings is 2. The molecule has 1 fully saturated rings. The largest absolute Gasteiger partial charge is 0.490 e. The van der Waals surface area contributed by atoms with Gasteiger partial charge in [-0.15, -0.1) is 0 Å². The second-order valence-electron chi connectivity index (χ2n) is 8.59. The van der Waals surface area contributed by atoms with Crippen molar-refractivity contribution in [3.05, 3.63) is 82.3 Å². The highest BCUT2D eigenvalue weighted by atomic mass is 16.6. The molecule has 0 bridgehead atoms. The molecule has 4 nitrogen and oxygen atoms in total. The van der Waals surface area contributed by atoms with Gasteiger partial charge in [0.2, 0.25) is 5.78 Å². The van der Waals surface area contributed by atoms with Gasteiger partial charge in [-0.2, -0.15) is 0 Å². The van der Waals surface area contributed by atoms with Crippen molar-refractivity contribution >= 4 is 17.4 Å². The molecule has 1 N–H and O–H groups in total. The molecule has 2 aliphatic heterocycles. The molecule has 2 atom stereocenters. The maximum atomic E-state index is 13.4. The van der Waals surface area contributed by atoms with Gasteiger partial charge in [0.05, 0.1) is 5.57 Å². The van der Waals surface area contributed by atoms with Crippen molar-refractivity contribution in [2.24, 2.45) is 0 Å². The molecule has 0 saturated carbocycles. The topological polar surface area (TPSA) is 55.8 Å². The Morgan fingerprint density at radius 2 is 1.50 bits per heavy atom. The molecule has 30 heavy (non-hydrogen) atoms. The van der Waals surface area contributed by atoms with Crippen LogP contribution in [0.5, 0.6) is 0 Å². The molecule has 156 valence electrons. The summed E-state index contributed by atoms with van der Waals surface area (Å²) >= 11 is 0. The Hall–Kier alpha value is -2.85. The van der Waals surface area contributed by atoms with Crippen molar-refractivity contribution in [3.8, 4) is 0 Å². The van der Waals surface area contributed by atoms with E-state index in [1.54, 1.807) is 6.08 Å². The van der Waals surface area contributed by atoms with Crippen LogP contribution in [0.4, 0.5) is 0 Å². The summed E-state index contributed by atoms with van der Waals surface area (Å²) in [5, 5.41) is 10.4. The first-order valence-electron chi connectivity index (χ1n) is 10.5. The fourth-order valence-corrected chi connectivity index (χ4v) is 3.83. The third-order valence-electron chi connectivity index (χ3n) is 5.74. The van der Waals surface area contributed by atoms with Gasteiger partial charge in [0, 0.05) is 0 Å². The minimum atomic E-state index is -0.801. The predicted molar refractivity (Wildman–Crippen MR) is 118 cm³/mol. The molecule has 4 rings (SSSR count). The molecular weight excluding hydrogens is 376 g/mol. The average molecular weight is 405 g/mol. The molecule has 0 aromatic heterocycles. The van der Waals surface area contributed by atoms with Gasteiger partial charge in [-0.1, -0.05) is 76.2 Å². The van der Waals surface area contributed by atoms with E-state index >= 15 is 0 Å². The van der Waals surface area contributed by atoms with Crippen LogP contribution in [0.15, 0.2) is 60.0 Å². The number of ether oxygens (including phenoxy) is 2. The Morgan fingerprint density at radius 3 is 2.07 bits per heavy atom. The van der Waals surface area contributed by atoms with Gasteiger partial charge < -0.3 is 14.6 Å². The monoisotopic (exact) mass is 404 g/mol. The molecule has 0 amide bonds. The Balaban J connectivity index is 1.73. The lowest BCUT2D eigenvalue weighted by Gasteiger charge is -2.26. The number of allylic oxidation sites excluding steroid dienone is 1. The molecule has 2 heterocycles. The quantitative estimate of drug-likeness (QED) is 0.725. The maximum absolute atomic E-state index is 13.4. The smallest absolute Gasteiger partial charge is 0.231 e. The van der Waals surface area contributed by atoms with Crippen LogP contribution in [0.1, 0.15) is 61.8 Å². The van der Waals surface area contributed by atoms with E-state index < -0.39 is 12.2 Å². The summed E-state index contributed by atoms with van der Waals surface area (Å²) in [6.07, 6.45) is 0.282. The number of aliphatic hydroxyl groups is 1. The van der Waals surface area contributed by atoms with E-state index in [-0.39, 0.29) is 18.1 Å². The Labute approximate surface area is 177 Å². The van der Waals surface area contributed by atoms with Crippen molar-refractivity contribution in [1.29, 1.82) is 0 Å². The molecule has 1 saturated heterocycles. The van der Waals surface area contributed by atoms with Gasteiger partial charge in [-0.05, 0) is 40.2 Å². The van der Waals surface area contributed by atoms with E-state index in [4.69, 9.17) is 9.47 Å². The number of Topliss-reactive ketones (excluding diaryl/α,β-unsaturated/α-hetero) is 1. The van der Waals surface area contributed by atoms with Crippen LogP contribution in [0.2, 0.25) is 0 Å². The molecular formula is C26H28O4. The summed E-state index contributed by atoms with van der Waals surface area (Å²) in [4.78, 5) is 13.4. The van der Waals surface area contributed by atoms with Crippen molar-refractivity contribution < 1.29 is 19.4 Å². The fraction of sp³-hybridized carbons (Fsp3) is 0.346. The summed E-state index contributed by atoms with van der Waals surface area (Å²) < 4.78 is 11.6. The van der Waals surface area contributed by atoms with Crippen LogP contribution in [0.3, 0.4) is 0 Å². The number of ketones is 1. The Kier molecular flexibility index (Phi) is 5.52. The van der Waals surface area contributed by atoms with E-state index in [0.717, 1.165) is 11.1 Å². The van der Waals surface area contributed by atoms with E-state index in [1.807, 2.05) is 36.4 Å². The minimum Gasteiger partial charge on any atom is -0.490 e. The summed E-state index contributed by atoms with van der Waals surface area (Å²) in [6, 6.07) is 16.0. The minimum absolute atomic E-state index is 0.122. The highest BCUT2D eigenvalue weighted by Crippen LogP contribution is 2.38. The lowest BCUT2D eigenvalue weighted by molar-refractivity contribution is -0.116. The van der Waals surface area contributed by atoms with Gasteiger partial charge in [0.25, 0.3) is 0 Å². The van der Waals surface area contributed by atoms with Crippen LogP contribution < -0.4 is 0 Å². The normalized spacial score (nSPS) is 22.5. The summed E-state index contributed by atoms with van der Waals surface area (Å²) in [5.74, 6) is 1.28. The average Bonchev–Trinajstić information content (AvgIpc) is 3.09. The molecule has 2 aliphatic rings. The molecule has 2 aromatic rings. The number of carbonyl (C=O) groups excluding carboxylic acids is 1. The molecule has 2 aromatic carbocycles. The van der Waals surface area contributed by atoms with E-state index in [9.17, 15) is 9.90 Å². The van der Waals surface area contributed by atoms with E-state index in [0.29, 0.717) is 23.2 Å². The first-order valence-corrected chi connectivity index (χ1v) is 10.5. The number of hydrogen-bond acceptors (Lipinski definition) is 4. The Bertz CT molecular complexity index is 994. The SMILES string of the molecule is CC(C)c1ccc(/C=C2\O[C@H]3C(=C(c4ccc(C(C)C)cc4)C2=O)OC[C@H]3O)cc1. The molecule has 0 spiro atoms. The van der Waals surface area contributed by atoms with Gasteiger partial charge in [0.15, 0.2) is 17.6 Å². The number of aliphatic hydroxyl groups excluding tert-OH is 1. The summed E-state index contributed by atoms with van der Waals surface area (Å²) in [6.45, 7) is 8.68. The second kappa shape index (κ2) is 8.11. The predicted octanol–water partition coefficient (Wildman–Crippen LogP) is 5.04. The number of rotatable bonds is 4. The zero-order valence-electron chi connectivity index (χ0n) is 17.9. The first kappa shape index (κ1) is 20.4. The van der Waals surface area contributed by atoms with Gasteiger partial charge in [-0.3, -0.25) is 4.79 Å². The van der Waals surface area contributed by atoms with E-state index in [2.05, 4.69) is 39.8 Å². The van der Waals surface area contributed by atoms with Crippen LogP contribution >= 0.6 is 0 Å². The number of carbonyl (C=O) groups is 1. The maximum Gasteiger partial charge on any atom is 0.231 e. The first-order chi connectivity index (χ1) is 14.3. The van der Waals surface area contributed by atoms with Crippen molar-refractivity contribution in [1.82, 2.24) is 0 Å². The highest BCUT2D eigenvalue weighted by Gasteiger charge is 2.44. The molecule has 0 unspecified atom stereocenters. The van der Waals surface area contributed by atoms with Gasteiger partial charge in [0.1, 0.15) is 12.7 Å². The number of hydrogen-bond donors (Lipinski definition) is 1. The molecule has 4 heteroatoms. The fourth-order valence-electron chi connectivity index (χ4n) is 3.83. The third kappa shape index (κ3) is 3.80.